The Balaban J connectivity index is 2.07. The molecule has 2 atom stereocenters. The first-order valence-corrected chi connectivity index (χ1v) is 6.34. The number of hydrogen-bond acceptors (Lipinski definition) is 4. The lowest BCUT2D eigenvalue weighted by Crippen LogP contribution is -2.38. The summed E-state index contributed by atoms with van der Waals surface area (Å²) in [6, 6.07) is 1.34. The standard InChI is InChI=1S/C13H18FN3O2/c1-8(9-4-6-19-7-9)17-13(18)10-3-5-16-12(15-2)11(10)14/h3,5,8-9H,4,6-7H2,1-2H3,(H,15,16)(H,17,18). The lowest BCUT2D eigenvalue weighted by Gasteiger charge is -2.19. The second-order valence-electron chi connectivity index (χ2n) is 4.66. The van der Waals surface area contributed by atoms with E-state index in [9.17, 15) is 9.18 Å². The largest absolute Gasteiger partial charge is 0.381 e. The van der Waals surface area contributed by atoms with Crippen LogP contribution in [0.4, 0.5) is 10.2 Å². The van der Waals surface area contributed by atoms with Crippen LogP contribution >= 0.6 is 0 Å². The van der Waals surface area contributed by atoms with Gasteiger partial charge in [-0.05, 0) is 19.4 Å². The van der Waals surface area contributed by atoms with E-state index in [-0.39, 0.29) is 23.3 Å². The van der Waals surface area contributed by atoms with E-state index in [1.54, 1.807) is 7.05 Å². The average Bonchev–Trinajstić information content (AvgIpc) is 2.92. The molecule has 104 valence electrons. The minimum Gasteiger partial charge on any atom is -0.381 e. The van der Waals surface area contributed by atoms with Crippen molar-refractivity contribution in [2.24, 2.45) is 5.92 Å². The first-order valence-electron chi connectivity index (χ1n) is 6.34. The van der Waals surface area contributed by atoms with Crippen molar-refractivity contribution in [1.82, 2.24) is 10.3 Å². The van der Waals surface area contributed by atoms with Gasteiger partial charge in [-0.3, -0.25) is 4.79 Å². The fourth-order valence-electron chi connectivity index (χ4n) is 2.14. The van der Waals surface area contributed by atoms with E-state index < -0.39 is 11.7 Å². The number of carbonyl (C=O) groups excluding carboxylic acids is 1. The predicted octanol–water partition coefficient (Wildman–Crippen LogP) is 1.42. The van der Waals surface area contributed by atoms with Crippen molar-refractivity contribution in [3.8, 4) is 0 Å². The summed E-state index contributed by atoms with van der Waals surface area (Å²) in [5, 5.41) is 5.43. The van der Waals surface area contributed by atoms with Crippen LogP contribution in [-0.2, 0) is 4.74 Å². The van der Waals surface area contributed by atoms with Crippen molar-refractivity contribution in [1.29, 1.82) is 0 Å². The van der Waals surface area contributed by atoms with Crippen LogP contribution in [0.5, 0.6) is 0 Å². The highest BCUT2D eigenvalue weighted by Crippen LogP contribution is 2.18. The van der Waals surface area contributed by atoms with Crippen molar-refractivity contribution in [3.05, 3.63) is 23.6 Å². The van der Waals surface area contributed by atoms with E-state index >= 15 is 0 Å². The maximum Gasteiger partial charge on any atom is 0.254 e. The number of nitrogens with zero attached hydrogens (tertiary/aromatic N) is 1. The Labute approximate surface area is 111 Å². The van der Waals surface area contributed by atoms with Crippen LogP contribution in [0.2, 0.25) is 0 Å². The van der Waals surface area contributed by atoms with Gasteiger partial charge < -0.3 is 15.4 Å². The number of rotatable bonds is 4. The molecule has 0 aliphatic carbocycles. The maximum absolute atomic E-state index is 13.9. The van der Waals surface area contributed by atoms with Gasteiger partial charge in [0.2, 0.25) is 0 Å². The number of nitrogens with one attached hydrogen (secondary N) is 2. The van der Waals surface area contributed by atoms with Gasteiger partial charge >= 0.3 is 0 Å². The Morgan fingerprint density at radius 1 is 1.63 bits per heavy atom. The van der Waals surface area contributed by atoms with Gasteiger partial charge in [-0.25, -0.2) is 9.37 Å². The molecule has 0 radical (unpaired) electrons. The molecule has 2 rings (SSSR count). The highest BCUT2D eigenvalue weighted by Gasteiger charge is 2.25. The topological polar surface area (TPSA) is 63.2 Å². The van der Waals surface area contributed by atoms with Crippen LogP contribution in [-0.4, -0.2) is 37.2 Å². The van der Waals surface area contributed by atoms with Gasteiger partial charge in [0.1, 0.15) is 0 Å². The van der Waals surface area contributed by atoms with Crippen molar-refractivity contribution >= 4 is 11.7 Å². The van der Waals surface area contributed by atoms with Crippen molar-refractivity contribution in [2.45, 2.75) is 19.4 Å². The van der Waals surface area contributed by atoms with Crippen LogP contribution in [0.3, 0.4) is 0 Å². The third-order valence-electron chi connectivity index (χ3n) is 3.40. The summed E-state index contributed by atoms with van der Waals surface area (Å²) in [7, 11) is 1.56. The monoisotopic (exact) mass is 267 g/mol. The first kappa shape index (κ1) is 13.7. The van der Waals surface area contributed by atoms with E-state index in [2.05, 4.69) is 15.6 Å². The number of halogens is 1. The fourth-order valence-corrected chi connectivity index (χ4v) is 2.14. The lowest BCUT2D eigenvalue weighted by molar-refractivity contribution is 0.0918. The third-order valence-corrected chi connectivity index (χ3v) is 3.40. The highest BCUT2D eigenvalue weighted by molar-refractivity contribution is 5.95. The molecule has 1 amide bonds. The Morgan fingerprint density at radius 3 is 3.05 bits per heavy atom. The number of hydrogen-bond donors (Lipinski definition) is 2. The highest BCUT2D eigenvalue weighted by atomic mass is 19.1. The molecule has 2 unspecified atom stereocenters. The van der Waals surface area contributed by atoms with Crippen LogP contribution in [0, 0.1) is 11.7 Å². The second-order valence-corrected chi connectivity index (χ2v) is 4.66. The summed E-state index contributed by atoms with van der Waals surface area (Å²) in [5.74, 6) is -0.685. The molecule has 6 heteroatoms. The molecule has 1 aromatic heterocycles. The molecule has 2 N–H and O–H groups in total. The fraction of sp³-hybridized carbons (Fsp3) is 0.538. The Morgan fingerprint density at radius 2 is 2.42 bits per heavy atom. The van der Waals surface area contributed by atoms with E-state index in [1.165, 1.54) is 12.3 Å². The Bertz CT molecular complexity index is 461. The molecule has 1 fully saturated rings. The zero-order valence-corrected chi connectivity index (χ0v) is 11.1. The van der Waals surface area contributed by atoms with Gasteiger partial charge in [-0.2, -0.15) is 0 Å². The maximum atomic E-state index is 13.9. The smallest absolute Gasteiger partial charge is 0.254 e. The van der Waals surface area contributed by atoms with E-state index in [0.717, 1.165) is 13.0 Å². The predicted molar refractivity (Wildman–Crippen MR) is 69.6 cm³/mol. The van der Waals surface area contributed by atoms with Gasteiger partial charge in [0, 0.05) is 31.8 Å². The van der Waals surface area contributed by atoms with Gasteiger partial charge in [0.25, 0.3) is 5.91 Å². The zero-order chi connectivity index (χ0) is 13.8. The van der Waals surface area contributed by atoms with Gasteiger partial charge in [-0.15, -0.1) is 0 Å². The minimum atomic E-state index is -0.627. The molecule has 0 saturated carbocycles. The summed E-state index contributed by atoms with van der Waals surface area (Å²) >= 11 is 0. The van der Waals surface area contributed by atoms with Crippen LogP contribution < -0.4 is 10.6 Å². The minimum absolute atomic E-state index is 0.00474. The Kier molecular flexibility index (Phi) is 4.31. The van der Waals surface area contributed by atoms with Gasteiger partial charge in [-0.1, -0.05) is 0 Å². The molecule has 1 aliphatic rings. The summed E-state index contributed by atoms with van der Waals surface area (Å²) in [6.45, 7) is 3.27. The van der Waals surface area contributed by atoms with Crippen LogP contribution in [0.15, 0.2) is 12.3 Å². The Hall–Kier alpha value is -1.69. The van der Waals surface area contributed by atoms with E-state index in [0.29, 0.717) is 6.61 Å². The van der Waals surface area contributed by atoms with Crippen LogP contribution in [0.1, 0.15) is 23.7 Å². The molecule has 0 aromatic carbocycles. The van der Waals surface area contributed by atoms with Gasteiger partial charge in [0.15, 0.2) is 11.6 Å². The summed E-state index contributed by atoms with van der Waals surface area (Å²) in [6.07, 6.45) is 2.33. The van der Waals surface area contributed by atoms with Crippen LogP contribution in [0.25, 0.3) is 0 Å². The SMILES string of the molecule is CNc1nccc(C(=O)NC(C)C2CCOC2)c1F. The quantitative estimate of drug-likeness (QED) is 0.866. The van der Waals surface area contributed by atoms with Crippen molar-refractivity contribution in [3.63, 3.8) is 0 Å². The van der Waals surface area contributed by atoms with Crippen molar-refractivity contribution < 1.29 is 13.9 Å². The van der Waals surface area contributed by atoms with Gasteiger partial charge in [0.05, 0.1) is 12.2 Å². The molecule has 0 bridgehead atoms. The average molecular weight is 267 g/mol. The second kappa shape index (κ2) is 5.97. The first-order chi connectivity index (χ1) is 9.13. The molecular weight excluding hydrogens is 249 g/mol. The molecule has 1 saturated heterocycles. The molecule has 1 aromatic rings. The van der Waals surface area contributed by atoms with E-state index in [4.69, 9.17) is 4.74 Å². The number of pyridine rings is 1. The number of carbonyl (C=O) groups is 1. The lowest BCUT2D eigenvalue weighted by atomic mass is 10.0. The molecule has 19 heavy (non-hydrogen) atoms. The van der Waals surface area contributed by atoms with Crippen molar-refractivity contribution in [2.75, 3.05) is 25.6 Å². The molecule has 1 aliphatic heterocycles. The molecular formula is C13H18FN3O2. The van der Waals surface area contributed by atoms with E-state index in [1.807, 2.05) is 6.92 Å². The normalized spacial score (nSPS) is 20.1. The number of amides is 1. The summed E-state index contributed by atoms with van der Waals surface area (Å²) in [5.41, 5.74) is 0.00474. The number of ether oxygens (including phenoxy) is 1. The molecule has 0 spiro atoms. The summed E-state index contributed by atoms with van der Waals surface area (Å²) < 4.78 is 19.2. The molecule has 2 heterocycles. The zero-order valence-electron chi connectivity index (χ0n) is 11.1. The third kappa shape index (κ3) is 3.01. The number of aromatic nitrogens is 1. The number of anilines is 1. The summed E-state index contributed by atoms with van der Waals surface area (Å²) in [4.78, 5) is 15.9. The molecule has 5 nitrogen and oxygen atoms in total.